The summed E-state index contributed by atoms with van der Waals surface area (Å²) >= 11 is 0. The van der Waals surface area contributed by atoms with Crippen molar-refractivity contribution in [2.45, 2.75) is 20.0 Å². The second-order valence-corrected chi connectivity index (χ2v) is 2.77. The second-order valence-electron chi connectivity index (χ2n) is 2.77. The predicted octanol–water partition coefficient (Wildman–Crippen LogP) is 0.683. The number of carbonyl (C=O) groups is 1. The van der Waals surface area contributed by atoms with Crippen molar-refractivity contribution in [3.8, 4) is 0 Å². The first-order chi connectivity index (χ1) is 5.61. The molecule has 12 heavy (non-hydrogen) atoms. The second kappa shape index (κ2) is 5.83. The van der Waals surface area contributed by atoms with Gasteiger partial charge in [-0.2, -0.15) is 0 Å². The molecule has 1 atom stereocenters. The number of likely N-dealkylation sites (N-methyl/N-ethyl adjacent to an activating group) is 1. The molecule has 0 saturated heterocycles. The van der Waals surface area contributed by atoms with Gasteiger partial charge in [0.05, 0.1) is 0 Å². The monoisotopic (exact) mass is 174 g/mol. The highest BCUT2D eigenvalue weighted by molar-refractivity contribution is 5.67. The Kier molecular flexibility index (Phi) is 5.45. The fraction of sp³-hybridized carbons (Fsp3) is 0.875. The van der Waals surface area contributed by atoms with Gasteiger partial charge in [-0.15, -0.1) is 0 Å². The van der Waals surface area contributed by atoms with E-state index in [9.17, 15) is 4.79 Å². The molecule has 0 heterocycles. The summed E-state index contributed by atoms with van der Waals surface area (Å²) < 4.78 is 5.07. The van der Waals surface area contributed by atoms with Crippen LogP contribution in [0.15, 0.2) is 0 Å². The molecule has 0 spiro atoms. The maximum atomic E-state index is 11.1. The quantitative estimate of drug-likeness (QED) is 0.681. The summed E-state index contributed by atoms with van der Waals surface area (Å²) in [6, 6.07) is 0. The van der Waals surface area contributed by atoms with Crippen LogP contribution in [-0.4, -0.2) is 44.3 Å². The lowest BCUT2D eigenvalue weighted by Gasteiger charge is -2.18. The van der Waals surface area contributed by atoms with Gasteiger partial charge in [-0.1, -0.05) is 0 Å². The van der Waals surface area contributed by atoms with Crippen molar-refractivity contribution in [3.63, 3.8) is 0 Å². The highest BCUT2D eigenvalue weighted by Gasteiger charge is 2.11. The Labute approximate surface area is 73.9 Å². The van der Waals surface area contributed by atoms with Gasteiger partial charge in [0.1, 0.15) is 6.10 Å². The van der Waals surface area contributed by atoms with Crippen LogP contribution in [0.3, 0.4) is 0 Å². The van der Waals surface area contributed by atoms with Gasteiger partial charge in [-0.25, -0.2) is 4.79 Å². The fourth-order valence-electron chi connectivity index (χ4n) is 0.720. The molecule has 0 rings (SSSR count). The Morgan fingerprint density at radius 3 is 2.67 bits per heavy atom. The molecule has 1 amide bonds. The third-order valence-electron chi connectivity index (χ3n) is 1.58. The van der Waals surface area contributed by atoms with Crippen molar-refractivity contribution >= 4 is 6.09 Å². The van der Waals surface area contributed by atoms with Crippen molar-refractivity contribution in [1.29, 1.82) is 0 Å². The Bertz CT molecular complexity index is 139. The van der Waals surface area contributed by atoms with Gasteiger partial charge >= 0.3 is 6.09 Å². The van der Waals surface area contributed by atoms with E-state index >= 15 is 0 Å². The van der Waals surface area contributed by atoms with E-state index in [1.165, 1.54) is 4.90 Å². The van der Waals surface area contributed by atoms with Gasteiger partial charge in [0.2, 0.25) is 0 Å². The molecule has 1 unspecified atom stereocenters. The zero-order chi connectivity index (χ0) is 9.56. The van der Waals surface area contributed by atoms with Crippen LogP contribution < -0.4 is 5.32 Å². The fourth-order valence-corrected chi connectivity index (χ4v) is 0.720. The highest BCUT2D eigenvalue weighted by Crippen LogP contribution is 1.94. The van der Waals surface area contributed by atoms with E-state index < -0.39 is 0 Å². The summed E-state index contributed by atoms with van der Waals surface area (Å²) in [6.07, 6.45) is -0.336. The van der Waals surface area contributed by atoms with Gasteiger partial charge in [0.25, 0.3) is 0 Å². The summed E-state index contributed by atoms with van der Waals surface area (Å²) in [6.45, 7) is 5.12. The van der Waals surface area contributed by atoms with Gasteiger partial charge in [-0.3, -0.25) is 0 Å². The van der Waals surface area contributed by atoms with Crippen LogP contribution in [-0.2, 0) is 4.74 Å². The molecule has 4 heteroatoms. The van der Waals surface area contributed by atoms with Crippen LogP contribution in [0.25, 0.3) is 0 Å². The molecular weight excluding hydrogens is 156 g/mol. The van der Waals surface area contributed by atoms with Crippen molar-refractivity contribution in [2.75, 3.05) is 27.2 Å². The largest absolute Gasteiger partial charge is 0.445 e. The van der Waals surface area contributed by atoms with E-state index in [1.54, 1.807) is 7.05 Å². The normalized spacial score (nSPS) is 12.3. The highest BCUT2D eigenvalue weighted by atomic mass is 16.6. The van der Waals surface area contributed by atoms with E-state index in [0.29, 0.717) is 13.1 Å². The Balaban J connectivity index is 3.67. The molecule has 0 radical (unpaired) electrons. The lowest BCUT2D eigenvalue weighted by molar-refractivity contribution is 0.0786. The average Bonchev–Trinajstić information content (AvgIpc) is 2.03. The molecule has 0 fully saturated rings. The number of hydrogen-bond donors (Lipinski definition) is 1. The number of carbonyl (C=O) groups excluding carboxylic acids is 1. The van der Waals surface area contributed by atoms with Crippen LogP contribution in [0.2, 0.25) is 0 Å². The van der Waals surface area contributed by atoms with Crippen LogP contribution in [0.5, 0.6) is 0 Å². The van der Waals surface area contributed by atoms with E-state index in [0.717, 1.165) is 0 Å². The standard InChI is InChI=1S/C8H18N2O2/c1-5-10(4)8(11)12-7(2)6-9-3/h7,9H,5-6H2,1-4H3. The lowest BCUT2D eigenvalue weighted by atomic mass is 10.4. The number of amides is 1. The number of hydrogen-bond acceptors (Lipinski definition) is 3. The van der Waals surface area contributed by atoms with Crippen LogP contribution in [0, 0.1) is 0 Å². The topological polar surface area (TPSA) is 41.6 Å². The lowest BCUT2D eigenvalue weighted by Crippen LogP contribution is -2.33. The van der Waals surface area contributed by atoms with Crippen LogP contribution in [0.4, 0.5) is 4.79 Å². The number of ether oxygens (including phenoxy) is 1. The summed E-state index contributed by atoms with van der Waals surface area (Å²) in [5, 5.41) is 2.93. The maximum absolute atomic E-state index is 11.1. The minimum atomic E-state index is -0.264. The van der Waals surface area contributed by atoms with Gasteiger partial charge in [0, 0.05) is 20.1 Å². The first kappa shape index (κ1) is 11.2. The molecular formula is C8H18N2O2. The van der Waals surface area contributed by atoms with Crippen molar-refractivity contribution < 1.29 is 9.53 Å². The van der Waals surface area contributed by atoms with Gasteiger partial charge in [0.15, 0.2) is 0 Å². The van der Waals surface area contributed by atoms with E-state index in [-0.39, 0.29) is 12.2 Å². The maximum Gasteiger partial charge on any atom is 0.409 e. The summed E-state index contributed by atoms with van der Waals surface area (Å²) in [7, 11) is 3.54. The zero-order valence-corrected chi connectivity index (χ0v) is 8.26. The molecule has 0 bridgehead atoms. The minimum Gasteiger partial charge on any atom is -0.445 e. The first-order valence-corrected chi connectivity index (χ1v) is 4.18. The van der Waals surface area contributed by atoms with Crippen LogP contribution in [0.1, 0.15) is 13.8 Å². The molecule has 1 N–H and O–H groups in total. The molecule has 0 saturated carbocycles. The van der Waals surface area contributed by atoms with Crippen LogP contribution >= 0.6 is 0 Å². The van der Waals surface area contributed by atoms with Crippen molar-refractivity contribution in [3.05, 3.63) is 0 Å². The van der Waals surface area contributed by atoms with Crippen molar-refractivity contribution in [2.24, 2.45) is 0 Å². The molecule has 0 aliphatic heterocycles. The summed E-state index contributed by atoms with van der Waals surface area (Å²) in [5.41, 5.74) is 0. The van der Waals surface area contributed by atoms with Crippen molar-refractivity contribution in [1.82, 2.24) is 10.2 Å². The van der Waals surface area contributed by atoms with Gasteiger partial charge < -0.3 is 15.0 Å². The minimum absolute atomic E-state index is 0.0727. The molecule has 0 aliphatic rings. The van der Waals surface area contributed by atoms with E-state index in [4.69, 9.17) is 4.74 Å². The third kappa shape index (κ3) is 4.18. The molecule has 0 aliphatic carbocycles. The van der Waals surface area contributed by atoms with E-state index in [1.807, 2.05) is 20.9 Å². The molecule has 4 nitrogen and oxygen atoms in total. The Hall–Kier alpha value is -0.770. The smallest absolute Gasteiger partial charge is 0.409 e. The predicted molar refractivity (Wildman–Crippen MR) is 48.2 cm³/mol. The molecule has 0 aromatic heterocycles. The average molecular weight is 174 g/mol. The Morgan fingerprint density at radius 2 is 2.25 bits per heavy atom. The summed E-state index contributed by atoms with van der Waals surface area (Å²) in [5.74, 6) is 0. The number of nitrogens with zero attached hydrogens (tertiary/aromatic N) is 1. The number of nitrogens with one attached hydrogen (secondary N) is 1. The SMILES string of the molecule is CCN(C)C(=O)OC(C)CNC. The Morgan fingerprint density at radius 1 is 1.67 bits per heavy atom. The molecule has 72 valence electrons. The van der Waals surface area contributed by atoms with Gasteiger partial charge in [-0.05, 0) is 20.9 Å². The third-order valence-corrected chi connectivity index (χ3v) is 1.58. The zero-order valence-electron chi connectivity index (χ0n) is 8.26. The molecule has 0 aromatic carbocycles. The summed E-state index contributed by atoms with van der Waals surface area (Å²) in [4.78, 5) is 12.7. The molecule has 0 aromatic rings. The first-order valence-electron chi connectivity index (χ1n) is 4.18. The number of rotatable bonds is 4. The van der Waals surface area contributed by atoms with E-state index in [2.05, 4.69) is 5.32 Å².